The maximum absolute atomic E-state index is 9.86. The fourth-order valence-corrected chi connectivity index (χ4v) is 3.50. The van der Waals surface area contributed by atoms with Crippen LogP contribution in [0.2, 0.25) is 0 Å². The van der Waals surface area contributed by atoms with Crippen LogP contribution in [0.25, 0.3) is 11.1 Å². The first-order valence-corrected chi connectivity index (χ1v) is 7.18. The van der Waals surface area contributed by atoms with Gasteiger partial charge in [-0.15, -0.1) is 0 Å². The molecule has 2 unspecified atom stereocenters. The quantitative estimate of drug-likeness (QED) is 0.909. The molecule has 1 aliphatic carbocycles. The number of fused-ring (bicyclic) bond motifs is 2. The molecule has 2 heterocycles. The zero-order chi connectivity index (χ0) is 13.5. The van der Waals surface area contributed by atoms with Crippen molar-refractivity contribution in [2.75, 3.05) is 11.4 Å². The number of anilines is 1. The minimum Gasteiger partial charge on any atom is -0.507 e. The third-order valence-corrected chi connectivity index (χ3v) is 4.52. The van der Waals surface area contributed by atoms with Gasteiger partial charge in [0.15, 0.2) is 0 Å². The number of para-hydroxylation sites is 1. The van der Waals surface area contributed by atoms with E-state index in [4.69, 9.17) is 0 Å². The molecule has 1 saturated heterocycles. The highest BCUT2D eigenvalue weighted by atomic mass is 16.3. The fraction of sp³-hybridized carbons (Fsp3) is 0.375. The summed E-state index contributed by atoms with van der Waals surface area (Å²) in [5.41, 5.74) is 1.64. The Morgan fingerprint density at radius 3 is 2.55 bits per heavy atom. The van der Waals surface area contributed by atoms with Crippen LogP contribution in [0, 0.1) is 5.92 Å². The van der Waals surface area contributed by atoms with Crippen molar-refractivity contribution in [3.05, 3.63) is 36.7 Å². The predicted molar refractivity (Wildman–Crippen MR) is 77.6 cm³/mol. The van der Waals surface area contributed by atoms with Crippen LogP contribution in [0.3, 0.4) is 0 Å². The highest BCUT2D eigenvalue weighted by Gasteiger charge is 2.38. The number of phenols is 1. The third kappa shape index (κ3) is 1.83. The molecule has 1 saturated carbocycles. The van der Waals surface area contributed by atoms with Crippen LogP contribution in [0.4, 0.5) is 5.95 Å². The standard InChI is InChI=1S/C16H17N3O/c20-15-4-2-1-3-14(15)12-8-17-16(18-9-12)19-10-11-5-6-13(19)7-11/h1-4,8-9,11,13,20H,5-7,10H2. The number of hydrogen-bond acceptors (Lipinski definition) is 4. The first-order valence-electron chi connectivity index (χ1n) is 7.18. The number of rotatable bonds is 2. The summed E-state index contributed by atoms with van der Waals surface area (Å²) in [6.07, 6.45) is 7.55. The van der Waals surface area contributed by atoms with E-state index in [0.29, 0.717) is 6.04 Å². The molecule has 20 heavy (non-hydrogen) atoms. The van der Waals surface area contributed by atoms with Crippen LogP contribution in [-0.4, -0.2) is 27.7 Å². The SMILES string of the molecule is Oc1ccccc1-c1cnc(N2CC3CCC2C3)nc1. The van der Waals surface area contributed by atoms with E-state index in [9.17, 15) is 5.11 Å². The van der Waals surface area contributed by atoms with Gasteiger partial charge in [-0.05, 0) is 31.2 Å². The van der Waals surface area contributed by atoms with Crippen molar-refractivity contribution in [3.63, 3.8) is 0 Å². The number of nitrogens with zero attached hydrogens (tertiary/aromatic N) is 3. The second-order valence-electron chi connectivity index (χ2n) is 5.77. The Kier molecular flexibility index (Phi) is 2.62. The summed E-state index contributed by atoms with van der Waals surface area (Å²) in [5.74, 6) is 1.93. The van der Waals surface area contributed by atoms with Crippen molar-refractivity contribution < 1.29 is 5.11 Å². The molecule has 2 aromatic rings. The summed E-state index contributed by atoms with van der Waals surface area (Å²) in [7, 11) is 0. The highest BCUT2D eigenvalue weighted by Crippen LogP contribution is 2.39. The van der Waals surface area contributed by atoms with Gasteiger partial charge in [-0.2, -0.15) is 0 Å². The van der Waals surface area contributed by atoms with E-state index >= 15 is 0 Å². The summed E-state index contributed by atoms with van der Waals surface area (Å²) < 4.78 is 0. The summed E-state index contributed by atoms with van der Waals surface area (Å²) >= 11 is 0. The van der Waals surface area contributed by atoms with Crippen molar-refractivity contribution in [1.82, 2.24) is 9.97 Å². The number of aromatic nitrogens is 2. The Labute approximate surface area is 118 Å². The van der Waals surface area contributed by atoms with E-state index < -0.39 is 0 Å². The van der Waals surface area contributed by atoms with Crippen molar-refractivity contribution in [1.29, 1.82) is 0 Å². The lowest BCUT2D eigenvalue weighted by Gasteiger charge is -2.26. The molecule has 4 rings (SSSR count). The Hall–Kier alpha value is -2.10. The van der Waals surface area contributed by atoms with E-state index in [2.05, 4.69) is 14.9 Å². The first-order chi connectivity index (χ1) is 9.81. The summed E-state index contributed by atoms with van der Waals surface area (Å²) in [6.45, 7) is 1.10. The van der Waals surface area contributed by atoms with Crippen molar-refractivity contribution in [3.8, 4) is 16.9 Å². The molecule has 4 nitrogen and oxygen atoms in total. The summed E-state index contributed by atoms with van der Waals surface area (Å²) in [6, 6.07) is 7.92. The van der Waals surface area contributed by atoms with Crippen molar-refractivity contribution in [2.45, 2.75) is 25.3 Å². The Morgan fingerprint density at radius 2 is 1.90 bits per heavy atom. The minimum atomic E-state index is 0.268. The van der Waals surface area contributed by atoms with Crippen LogP contribution in [-0.2, 0) is 0 Å². The van der Waals surface area contributed by atoms with Crippen LogP contribution in [0.1, 0.15) is 19.3 Å². The molecular formula is C16H17N3O. The van der Waals surface area contributed by atoms with Crippen molar-refractivity contribution >= 4 is 5.95 Å². The van der Waals surface area contributed by atoms with Gasteiger partial charge < -0.3 is 10.0 Å². The van der Waals surface area contributed by atoms with E-state index in [1.807, 2.05) is 30.6 Å². The van der Waals surface area contributed by atoms with Gasteiger partial charge >= 0.3 is 0 Å². The van der Waals surface area contributed by atoms with Gasteiger partial charge in [0.2, 0.25) is 5.95 Å². The number of aromatic hydroxyl groups is 1. The molecule has 2 aliphatic rings. The van der Waals surface area contributed by atoms with Gasteiger partial charge in [-0.25, -0.2) is 9.97 Å². The lowest BCUT2D eigenvalue weighted by molar-refractivity contribution is 0.477. The number of hydrogen-bond donors (Lipinski definition) is 1. The monoisotopic (exact) mass is 267 g/mol. The highest BCUT2D eigenvalue weighted by molar-refractivity contribution is 5.68. The number of benzene rings is 1. The van der Waals surface area contributed by atoms with Gasteiger partial charge in [0.1, 0.15) is 5.75 Å². The van der Waals surface area contributed by atoms with Crippen LogP contribution < -0.4 is 4.90 Å². The van der Waals surface area contributed by atoms with E-state index in [0.717, 1.165) is 29.5 Å². The lowest BCUT2D eigenvalue weighted by atomic mass is 10.1. The zero-order valence-electron chi connectivity index (χ0n) is 11.2. The number of phenolic OH excluding ortho intramolecular Hbond substituents is 1. The normalized spacial score (nSPS) is 24.3. The molecule has 1 aromatic heterocycles. The van der Waals surface area contributed by atoms with E-state index in [1.165, 1.54) is 19.3 Å². The van der Waals surface area contributed by atoms with E-state index in [-0.39, 0.29) is 5.75 Å². The molecule has 2 bridgehead atoms. The van der Waals surface area contributed by atoms with Crippen molar-refractivity contribution in [2.24, 2.45) is 5.92 Å². The molecule has 102 valence electrons. The molecular weight excluding hydrogens is 250 g/mol. The maximum atomic E-state index is 9.86. The minimum absolute atomic E-state index is 0.268. The molecule has 4 heteroatoms. The zero-order valence-corrected chi connectivity index (χ0v) is 11.2. The Morgan fingerprint density at radius 1 is 1.10 bits per heavy atom. The predicted octanol–water partition coefficient (Wildman–Crippen LogP) is 2.84. The Balaban J connectivity index is 1.62. The molecule has 0 spiro atoms. The second-order valence-corrected chi connectivity index (χ2v) is 5.77. The largest absolute Gasteiger partial charge is 0.507 e. The molecule has 0 amide bonds. The van der Waals surface area contributed by atoms with Gasteiger partial charge in [-0.3, -0.25) is 0 Å². The molecule has 1 N–H and O–H groups in total. The number of piperidine rings is 1. The maximum Gasteiger partial charge on any atom is 0.225 e. The van der Waals surface area contributed by atoms with Gasteiger partial charge in [0.25, 0.3) is 0 Å². The summed E-state index contributed by atoms with van der Waals surface area (Å²) in [5, 5.41) is 9.86. The fourth-order valence-electron chi connectivity index (χ4n) is 3.50. The molecule has 1 aliphatic heterocycles. The van der Waals surface area contributed by atoms with Crippen LogP contribution in [0.15, 0.2) is 36.7 Å². The average Bonchev–Trinajstić information content (AvgIpc) is 3.11. The van der Waals surface area contributed by atoms with E-state index in [1.54, 1.807) is 6.07 Å². The van der Waals surface area contributed by atoms with Gasteiger partial charge in [0, 0.05) is 36.1 Å². The van der Waals surface area contributed by atoms with Crippen LogP contribution in [0.5, 0.6) is 5.75 Å². The molecule has 1 aromatic carbocycles. The smallest absolute Gasteiger partial charge is 0.225 e. The molecule has 2 fully saturated rings. The molecule has 0 radical (unpaired) electrons. The lowest BCUT2D eigenvalue weighted by Crippen LogP contribution is -2.33. The first kappa shape index (κ1) is 11.7. The summed E-state index contributed by atoms with van der Waals surface area (Å²) in [4.78, 5) is 11.3. The van der Waals surface area contributed by atoms with Gasteiger partial charge in [-0.1, -0.05) is 18.2 Å². The Bertz CT molecular complexity index is 626. The van der Waals surface area contributed by atoms with Crippen LogP contribution >= 0.6 is 0 Å². The topological polar surface area (TPSA) is 49.3 Å². The third-order valence-electron chi connectivity index (χ3n) is 4.52. The average molecular weight is 267 g/mol. The second kappa shape index (κ2) is 4.47. The van der Waals surface area contributed by atoms with Gasteiger partial charge in [0.05, 0.1) is 0 Å². The molecule has 2 atom stereocenters.